The second-order valence-corrected chi connectivity index (χ2v) is 8.09. The largest absolute Gasteiger partial charge is 0.352 e. The van der Waals surface area contributed by atoms with Gasteiger partial charge in [-0.25, -0.2) is 0 Å². The quantitative estimate of drug-likeness (QED) is 0.780. The van der Waals surface area contributed by atoms with Gasteiger partial charge in [0.05, 0.1) is 12.5 Å². The lowest BCUT2D eigenvalue weighted by molar-refractivity contribution is -0.141. The maximum atomic E-state index is 12.6. The lowest BCUT2D eigenvalue weighted by Crippen LogP contribution is -2.50. The molecular formula is C20H27ClN4O3. The van der Waals surface area contributed by atoms with Crippen molar-refractivity contribution in [2.75, 3.05) is 38.5 Å². The van der Waals surface area contributed by atoms with Gasteiger partial charge in [0.15, 0.2) is 0 Å². The number of rotatable bonds is 5. The number of amides is 3. The van der Waals surface area contributed by atoms with E-state index in [2.05, 4.69) is 22.6 Å². The highest BCUT2D eigenvalue weighted by molar-refractivity contribution is 6.30. The second-order valence-electron chi connectivity index (χ2n) is 7.65. The van der Waals surface area contributed by atoms with Crippen LogP contribution in [0.5, 0.6) is 0 Å². The molecule has 1 unspecified atom stereocenters. The molecule has 0 aromatic heterocycles. The van der Waals surface area contributed by atoms with Crippen LogP contribution in [0.3, 0.4) is 0 Å². The van der Waals surface area contributed by atoms with E-state index in [0.717, 1.165) is 25.9 Å². The fourth-order valence-electron chi connectivity index (χ4n) is 3.69. The summed E-state index contributed by atoms with van der Waals surface area (Å²) in [5.41, 5.74) is 0.626. The van der Waals surface area contributed by atoms with Crippen LogP contribution in [-0.4, -0.2) is 66.8 Å². The summed E-state index contributed by atoms with van der Waals surface area (Å²) in [6, 6.07) is 7.11. The summed E-state index contributed by atoms with van der Waals surface area (Å²) in [6.45, 7) is 2.18. The van der Waals surface area contributed by atoms with Crippen molar-refractivity contribution in [2.24, 2.45) is 5.92 Å². The van der Waals surface area contributed by atoms with E-state index in [4.69, 9.17) is 11.6 Å². The Labute approximate surface area is 170 Å². The minimum absolute atomic E-state index is 0.00607. The fourth-order valence-corrected chi connectivity index (χ4v) is 3.88. The van der Waals surface area contributed by atoms with Crippen molar-refractivity contribution >= 4 is 35.0 Å². The lowest BCUT2D eigenvalue weighted by atomic mass is 9.96. The lowest BCUT2D eigenvalue weighted by Gasteiger charge is -2.33. The van der Waals surface area contributed by atoms with Gasteiger partial charge in [0.1, 0.15) is 0 Å². The number of anilines is 1. The first-order valence-electron chi connectivity index (χ1n) is 9.73. The highest BCUT2D eigenvalue weighted by Gasteiger charge is 2.31. The summed E-state index contributed by atoms with van der Waals surface area (Å²) in [6.07, 6.45) is 2.59. The van der Waals surface area contributed by atoms with Gasteiger partial charge in [-0.3, -0.25) is 14.4 Å². The van der Waals surface area contributed by atoms with Gasteiger partial charge in [0.25, 0.3) is 0 Å². The zero-order valence-electron chi connectivity index (χ0n) is 16.1. The number of carbonyl (C=O) groups excluding carboxylic acids is 3. The number of carbonyl (C=O) groups is 3. The Morgan fingerprint density at radius 2 is 1.96 bits per heavy atom. The van der Waals surface area contributed by atoms with E-state index < -0.39 is 0 Å². The van der Waals surface area contributed by atoms with Crippen molar-refractivity contribution in [1.29, 1.82) is 0 Å². The first-order valence-corrected chi connectivity index (χ1v) is 10.1. The summed E-state index contributed by atoms with van der Waals surface area (Å²) in [5.74, 6) is -0.729. The molecule has 8 heteroatoms. The van der Waals surface area contributed by atoms with Crippen molar-refractivity contribution in [3.05, 3.63) is 29.3 Å². The van der Waals surface area contributed by atoms with Crippen LogP contribution in [0.2, 0.25) is 5.02 Å². The van der Waals surface area contributed by atoms with Crippen molar-refractivity contribution in [1.82, 2.24) is 15.1 Å². The predicted octanol–water partition coefficient (Wildman–Crippen LogP) is 1.73. The van der Waals surface area contributed by atoms with Gasteiger partial charge >= 0.3 is 0 Å². The number of hydrogen-bond acceptors (Lipinski definition) is 4. The summed E-state index contributed by atoms with van der Waals surface area (Å²) in [7, 11) is 2.07. The number of benzene rings is 1. The Hall–Kier alpha value is -2.12. The molecule has 2 saturated heterocycles. The van der Waals surface area contributed by atoms with E-state index in [-0.39, 0.29) is 49.2 Å². The van der Waals surface area contributed by atoms with Crippen LogP contribution >= 0.6 is 11.6 Å². The van der Waals surface area contributed by atoms with Gasteiger partial charge in [-0.05, 0) is 57.6 Å². The molecule has 3 amide bonds. The van der Waals surface area contributed by atoms with Crippen molar-refractivity contribution < 1.29 is 14.4 Å². The SMILES string of the molecule is CN1CCC(NC(=O)CN2CC(C(=O)Nc3cccc(Cl)c3)CCC2=O)CC1. The number of nitrogens with zero attached hydrogens (tertiary/aromatic N) is 2. The van der Waals surface area contributed by atoms with Crippen molar-refractivity contribution in [2.45, 2.75) is 31.7 Å². The van der Waals surface area contributed by atoms with Crippen molar-refractivity contribution in [3.8, 4) is 0 Å². The molecule has 2 aliphatic rings. The van der Waals surface area contributed by atoms with Crippen LogP contribution in [0.1, 0.15) is 25.7 Å². The predicted molar refractivity (Wildman–Crippen MR) is 108 cm³/mol. The van der Waals surface area contributed by atoms with Crippen molar-refractivity contribution in [3.63, 3.8) is 0 Å². The fraction of sp³-hybridized carbons (Fsp3) is 0.550. The highest BCUT2D eigenvalue weighted by Crippen LogP contribution is 2.21. The molecule has 152 valence electrons. The zero-order chi connectivity index (χ0) is 20.1. The number of halogens is 1. The maximum Gasteiger partial charge on any atom is 0.239 e. The summed E-state index contributed by atoms with van der Waals surface area (Å²) >= 11 is 5.95. The van der Waals surface area contributed by atoms with E-state index in [9.17, 15) is 14.4 Å². The molecule has 0 aliphatic carbocycles. The molecule has 0 radical (unpaired) electrons. The molecule has 0 saturated carbocycles. The normalized spacial score (nSPS) is 21.4. The smallest absolute Gasteiger partial charge is 0.239 e. The van der Waals surface area contributed by atoms with Gasteiger partial charge in [-0.1, -0.05) is 17.7 Å². The molecule has 2 fully saturated rings. The minimum atomic E-state index is -0.340. The molecule has 7 nitrogen and oxygen atoms in total. The molecule has 1 aromatic rings. The monoisotopic (exact) mass is 406 g/mol. The van der Waals surface area contributed by atoms with E-state index in [1.165, 1.54) is 4.90 Å². The number of hydrogen-bond donors (Lipinski definition) is 2. The Kier molecular flexibility index (Phi) is 6.91. The summed E-state index contributed by atoms with van der Waals surface area (Å²) in [4.78, 5) is 40.9. The molecule has 28 heavy (non-hydrogen) atoms. The summed E-state index contributed by atoms with van der Waals surface area (Å²) < 4.78 is 0. The Balaban J connectivity index is 1.51. The van der Waals surface area contributed by atoms with Crippen LogP contribution < -0.4 is 10.6 Å². The number of likely N-dealkylation sites (tertiary alicyclic amines) is 2. The van der Waals surface area contributed by atoms with E-state index in [0.29, 0.717) is 17.1 Å². The molecule has 0 spiro atoms. The van der Waals surface area contributed by atoms with E-state index >= 15 is 0 Å². The Morgan fingerprint density at radius 1 is 1.21 bits per heavy atom. The molecule has 2 N–H and O–H groups in total. The third kappa shape index (κ3) is 5.69. The van der Waals surface area contributed by atoms with Crippen LogP contribution in [0.15, 0.2) is 24.3 Å². The van der Waals surface area contributed by atoms with Gasteiger partial charge < -0.3 is 20.4 Å². The summed E-state index contributed by atoms with van der Waals surface area (Å²) in [5, 5.41) is 6.41. The zero-order valence-corrected chi connectivity index (χ0v) is 16.9. The third-order valence-electron chi connectivity index (χ3n) is 5.38. The van der Waals surface area contributed by atoms with E-state index in [1.807, 2.05) is 0 Å². The average Bonchev–Trinajstić information content (AvgIpc) is 2.65. The first kappa shape index (κ1) is 20.6. The van der Waals surface area contributed by atoms with Crippen LogP contribution in [-0.2, 0) is 14.4 Å². The third-order valence-corrected chi connectivity index (χ3v) is 5.62. The average molecular weight is 407 g/mol. The molecule has 0 bridgehead atoms. The van der Waals surface area contributed by atoms with Gasteiger partial charge in [-0.15, -0.1) is 0 Å². The molecule has 2 heterocycles. The highest BCUT2D eigenvalue weighted by atomic mass is 35.5. The molecule has 1 atom stereocenters. The van der Waals surface area contributed by atoms with Gasteiger partial charge in [-0.2, -0.15) is 0 Å². The Bertz CT molecular complexity index is 734. The number of piperidine rings is 2. The second kappa shape index (κ2) is 9.39. The Morgan fingerprint density at radius 3 is 2.68 bits per heavy atom. The number of nitrogens with one attached hydrogen (secondary N) is 2. The van der Waals surface area contributed by atoms with Crippen LogP contribution in [0, 0.1) is 5.92 Å². The first-order chi connectivity index (χ1) is 13.4. The van der Waals surface area contributed by atoms with Crippen LogP contribution in [0.4, 0.5) is 5.69 Å². The molecular weight excluding hydrogens is 380 g/mol. The minimum Gasteiger partial charge on any atom is -0.352 e. The van der Waals surface area contributed by atoms with Gasteiger partial charge in [0.2, 0.25) is 17.7 Å². The molecule has 3 rings (SSSR count). The molecule has 1 aromatic carbocycles. The molecule has 2 aliphatic heterocycles. The van der Waals surface area contributed by atoms with E-state index in [1.54, 1.807) is 24.3 Å². The van der Waals surface area contributed by atoms with Gasteiger partial charge in [0, 0.05) is 29.7 Å². The van der Waals surface area contributed by atoms with Crippen LogP contribution in [0.25, 0.3) is 0 Å². The maximum absolute atomic E-state index is 12.6. The topological polar surface area (TPSA) is 81.8 Å². The standard InChI is InChI=1S/C20H27ClN4O3/c1-24-9-7-16(8-10-24)22-18(26)13-25-12-14(5-6-19(25)27)20(28)23-17-4-2-3-15(21)11-17/h2-4,11,14,16H,5-10,12-13H2,1H3,(H,22,26)(H,23,28).